The van der Waals surface area contributed by atoms with E-state index >= 15 is 0 Å². The Morgan fingerprint density at radius 2 is 2.14 bits per heavy atom. The van der Waals surface area contributed by atoms with Crippen LogP contribution in [0.1, 0.15) is 48.9 Å². The molecule has 3 N–H and O–H groups in total. The number of aromatic amines is 1. The molecule has 1 aromatic heterocycles. The molecule has 6 nitrogen and oxygen atoms in total. The maximum Gasteiger partial charge on any atom is 0.315 e. The van der Waals surface area contributed by atoms with Crippen molar-refractivity contribution in [1.82, 2.24) is 15.6 Å². The lowest BCUT2D eigenvalue weighted by atomic mass is 9.81. The summed E-state index contributed by atoms with van der Waals surface area (Å²) in [6.07, 6.45) is 8.85. The maximum atomic E-state index is 12.4. The van der Waals surface area contributed by atoms with E-state index in [1.807, 2.05) is 0 Å². The zero-order valence-corrected chi connectivity index (χ0v) is 17.1. The lowest BCUT2D eigenvalue weighted by molar-refractivity contribution is 0.225. The van der Waals surface area contributed by atoms with Gasteiger partial charge in [0.25, 0.3) is 0 Å². The first-order valence-electron chi connectivity index (χ1n) is 10.8. The average Bonchev–Trinajstić information content (AvgIpc) is 3.08. The van der Waals surface area contributed by atoms with E-state index in [9.17, 15) is 9.59 Å². The smallest absolute Gasteiger partial charge is 0.315 e. The number of aromatic nitrogens is 1. The summed E-state index contributed by atoms with van der Waals surface area (Å²) >= 11 is 0. The molecule has 3 unspecified atom stereocenters. The van der Waals surface area contributed by atoms with Gasteiger partial charge in [-0.3, -0.25) is 0 Å². The number of carbonyl (C=O) groups is 1. The highest BCUT2D eigenvalue weighted by atomic mass is 16.2. The average molecular weight is 395 g/mol. The van der Waals surface area contributed by atoms with Gasteiger partial charge in [-0.1, -0.05) is 18.1 Å². The van der Waals surface area contributed by atoms with Gasteiger partial charge in [-0.25, -0.2) is 14.6 Å². The SMILES string of the molecule is Cc1ccc2[nH]c3c(c2c1)CCC(NC(=O)NCC1CCCC(CN=C=O)C1)C3. The summed E-state index contributed by atoms with van der Waals surface area (Å²) in [5, 5.41) is 7.55. The molecule has 29 heavy (non-hydrogen) atoms. The third-order valence-electron chi connectivity index (χ3n) is 6.54. The number of aliphatic imine (C=N–C) groups is 1. The third kappa shape index (κ3) is 4.70. The van der Waals surface area contributed by atoms with E-state index < -0.39 is 0 Å². The van der Waals surface area contributed by atoms with E-state index in [1.165, 1.54) is 27.7 Å². The van der Waals surface area contributed by atoms with E-state index in [0.717, 1.165) is 44.9 Å². The van der Waals surface area contributed by atoms with Crippen molar-refractivity contribution in [2.45, 2.75) is 57.9 Å². The number of H-pyrrole nitrogens is 1. The second-order valence-electron chi connectivity index (χ2n) is 8.76. The molecule has 3 atom stereocenters. The Morgan fingerprint density at radius 3 is 3.00 bits per heavy atom. The van der Waals surface area contributed by atoms with E-state index in [2.05, 4.69) is 45.7 Å². The first-order valence-corrected chi connectivity index (χ1v) is 10.8. The molecule has 0 spiro atoms. The number of nitrogens with one attached hydrogen (secondary N) is 3. The summed E-state index contributed by atoms with van der Waals surface area (Å²) in [7, 11) is 0. The molecular weight excluding hydrogens is 364 g/mol. The van der Waals surface area contributed by atoms with Crippen LogP contribution in [0, 0.1) is 18.8 Å². The zero-order valence-electron chi connectivity index (χ0n) is 17.1. The number of nitrogens with zero attached hydrogens (tertiary/aromatic N) is 1. The molecular formula is C23H30N4O2. The monoisotopic (exact) mass is 394 g/mol. The van der Waals surface area contributed by atoms with Crippen molar-refractivity contribution in [1.29, 1.82) is 0 Å². The molecule has 0 radical (unpaired) electrons. The largest absolute Gasteiger partial charge is 0.358 e. The van der Waals surface area contributed by atoms with Crippen LogP contribution in [0.5, 0.6) is 0 Å². The number of aryl methyl sites for hydroxylation is 2. The Balaban J connectivity index is 1.27. The molecule has 1 heterocycles. The van der Waals surface area contributed by atoms with Crippen LogP contribution >= 0.6 is 0 Å². The fourth-order valence-corrected chi connectivity index (χ4v) is 5.06. The predicted molar refractivity (Wildman–Crippen MR) is 114 cm³/mol. The lowest BCUT2D eigenvalue weighted by Crippen LogP contribution is -2.46. The number of rotatable bonds is 5. The van der Waals surface area contributed by atoms with Crippen LogP contribution in [0.3, 0.4) is 0 Å². The highest BCUT2D eigenvalue weighted by Crippen LogP contribution is 2.30. The first kappa shape index (κ1) is 19.7. The Labute approximate surface area is 171 Å². The van der Waals surface area contributed by atoms with E-state index in [4.69, 9.17) is 0 Å². The quantitative estimate of drug-likeness (QED) is 0.532. The van der Waals surface area contributed by atoms with Crippen LogP contribution < -0.4 is 10.6 Å². The summed E-state index contributed by atoms with van der Waals surface area (Å²) in [6.45, 7) is 3.39. The van der Waals surface area contributed by atoms with Gasteiger partial charge < -0.3 is 15.6 Å². The number of urea groups is 1. The van der Waals surface area contributed by atoms with Crippen LogP contribution in [0.4, 0.5) is 4.79 Å². The first-order chi connectivity index (χ1) is 14.1. The van der Waals surface area contributed by atoms with Crippen LogP contribution in [0.25, 0.3) is 10.9 Å². The molecule has 2 amide bonds. The number of benzene rings is 1. The lowest BCUT2D eigenvalue weighted by Gasteiger charge is -2.29. The van der Waals surface area contributed by atoms with Gasteiger partial charge >= 0.3 is 6.03 Å². The maximum absolute atomic E-state index is 12.4. The highest BCUT2D eigenvalue weighted by Gasteiger charge is 2.25. The van der Waals surface area contributed by atoms with Gasteiger partial charge in [-0.05, 0) is 68.6 Å². The van der Waals surface area contributed by atoms with E-state index in [1.54, 1.807) is 6.08 Å². The molecule has 0 saturated heterocycles. The van der Waals surface area contributed by atoms with Gasteiger partial charge in [-0.15, -0.1) is 0 Å². The Hall–Kier alpha value is -2.59. The summed E-state index contributed by atoms with van der Waals surface area (Å²) in [5.41, 5.74) is 5.14. The molecule has 2 aliphatic carbocycles. The van der Waals surface area contributed by atoms with Crippen molar-refractivity contribution in [2.24, 2.45) is 16.8 Å². The Kier molecular flexibility index (Phi) is 6.00. The molecule has 4 rings (SSSR count). The summed E-state index contributed by atoms with van der Waals surface area (Å²) in [6, 6.07) is 6.63. The molecule has 154 valence electrons. The fourth-order valence-electron chi connectivity index (χ4n) is 5.06. The topological polar surface area (TPSA) is 86.3 Å². The van der Waals surface area contributed by atoms with Gasteiger partial charge in [0.05, 0.1) is 6.54 Å². The molecule has 1 aromatic carbocycles. The number of amides is 2. The van der Waals surface area contributed by atoms with Crippen LogP contribution in [-0.4, -0.2) is 36.2 Å². The summed E-state index contributed by atoms with van der Waals surface area (Å²) in [5.74, 6) is 0.915. The van der Waals surface area contributed by atoms with Crippen molar-refractivity contribution in [2.75, 3.05) is 13.1 Å². The van der Waals surface area contributed by atoms with Gasteiger partial charge in [0.1, 0.15) is 0 Å². The highest BCUT2D eigenvalue weighted by molar-refractivity contribution is 5.85. The summed E-state index contributed by atoms with van der Waals surface area (Å²) in [4.78, 5) is 30.0. The molecule has 0 bridgehead atoms. The minimum absolute atomic E-state index is 0.0709. The molecule has 2 aromatic rings. The van der Waals surface area contributed by atoms with E-state index in [-0.39, 0.29) is 12.1 Å². The number of hydrogen-bond donors (Lipinski definition) is 3. The van der Waals surface area contributed by atoms with Crippen LogP contribution in [0.15, 0.2) is 23.2 Å². The van der Waals surface area contributed by atoms with Crippen LogP contribution in [0.2, 0.25) is 0 Å². The predicted octanol–water partition coefficient (Wildman–Crippen LogP) is 3.78. The minimum atomic E-state index is -0.0709. The third-order valence-corrected chi connectivity index (χ3v) is 6.54. The number of hydrogen-bond acceptors (Lipinski definition) is 3. The molecule has 6 heteroatoms. The van der Waals surface area contributed by atoms with Crippen molar-refractivity contribution >= 4 is 23.0 Å². The van der Waals surface area contributed by atoms with Crippen LogP contribution in [-0.2, 0) is 17.6 Å². The zero-order chi connectivity index (χ0) is 20.2. The second-order valence-corrected chi connectivity index (χ2v) is 8.76. The standard InChI is InChI=1S/C23H30N4O2/c1-15-5-8-21-20(9-15)19-7-6-18(11-22(19)27-21)26-23(29)25-13-17-4-2-3-16(10-17)12-24-14-28/h5,8-9,16-18,27H,2-4,6-7,10-13H2,1H3,(H2,25,26,29). The number of carbonyl (C=O) groups excluding carboxylic acids is 2. The Bertz CT molecular complexity index is 928. The van der Waals surface area contributed by atoms with Gasteiger partial charge in [0, 0.05) is 35.6 Å². The second kappa shape index (κ2) is 8.83. The van der Waals surface area contributed by atoms with Crippen molar-refractivity contribution in [3.8, 4) is 0 Å². The van der Waals surface area contributed by atoms with E-state index in [0.29, 0.717) is 24.9 Å². The fraction of sp³-hybridized carbons (Fsp3) is 0.565. The Morgan fingerprint density at radius 1 is 1.28 bits per heavy atom. The van der Waals surface area contributed by atoms with Gasteiger partial charge in [0.15, 0.2) is 0 Å². The van der Waals surface area contributed by atoms with Crippen molar-refractivity contribution in [3.63, 3.8) is 0 Å². The molecule has 2 aliphatic rings. The normalized spacial score (nSPS) is 23.8. The molecule has 1 fully saturated rings. The summed E-state index contributed by atoms with van der Waals surface area (Å²) < 4.78 is 0. The van der Waals surface area contributed by atoms with Gasteiger partial charge in [-0.2, -0.15) is 0 Å². The number of fused-ring (bicyclic) bond motifs is 3. The number of isocyanates is 1. The van der Waals surface area contributed by atoms with Gasteiger partial charge in [0.2, 0.25) is 6.08 Å². The molecule has 1 saturated carbocycles. The minimum Gasteiger partial charge on any atom is -0.358 e. The van der Waals surface area contributed by atoms with Crippen molar-refractivity contribution < 1.29 is 9.59 Å². The molecule has 0 aliphatic heterocycles. The van der Waals surface area contributed by atoms with Crippen molar-refractivity contribution in [3.05, 3.63) is 35.0 Å².